The maximum Gasteiger partial charge on any atom is 0.271 e. The fourth-order valence-corrected chi connectivity index (χ4v) is 2.48. The molecule has 6 nitrogen and oxygen atoms in total. The van der Waals surface area contributed by atoms with Crippen LogP contribution in [0.4, 0.5) is 5.69 Å². The average Bonchev–Trinajstić information content (AvgIpc) is 3.04. The highest BCUT2D eigenvalue weighted by Gasteiger charge is 2.21. The maximum absolute atomic E-state index is 12.3. The first kappa shape index (κ1) is 18.4. The topological polar surface area (TPSA) is 86.3 Å². The smallest absolute Gasteiger partial charge is 0.271 e. The van der Waals surface area contributed by atoms with Gasteiger partial charge in [-0.05, 0) is 24.3 Å². The fraction of sp³-hybridized carbons (Fsp3) is 0.190. The second-order valence-corrected chi connectivity index (χ2v) is 7.27. The maximum atomic E-state index is 12.3. The van der Waals surface area contributed by atoms with Gasteiger partial charge in [-0.1, -0.05) is 45.0 Å². The van der Waals surface area contributed by atoms with Crippen LogP contribution >= 0.6 is 0 Å². The molecule has 0 radical (unpaired) electrons. The van der Waals surface area contributed by atoms with Crippen LogP contribution in [0.3, 0.4) is 0 Å². The van der Waals surface area contributed by atoms with Crippen LogP contribution in [0.5, 0.6) is 0 Å². The first-order valence-electron chi connectivity index (χ1n) is 8.65. The van der Waals surface area contributed by atoms with Gasteiger partial charge in [0.2, 0.25) is 5.91 Å². The third-order valence-electron chi connectivity index (χ3n) is 4.05. The third kappa shape index (κ3) is 4.41. The van der Waals surface area contributed by atoms with Gasteiger partial charge >= 0.3 is 0 Å². The van der Waals surface area contributed by atoms with Crippen molar-refractivity contribution in [3.05, 3.63) is 65.9 Å². The lowest BCUT2D eigenvalue weighted by Crippen LogP contribution is -2.27. The summed E-state index contributed by atoms with van der Waals surface area (Å²) in [5.41, 5.74) is 4.88. The molecule has 3 N–H and O–H groups in total. The molecule has 3 rings (SSSR count). The summed E-state index contributed by atoms with van der Waals surface area (Å²) in [6.45, 7) is 5.50. The zero-order valence-corrected chi connectivity index (χ0v) is 15.5. The highest BCUT2D eigenvalue weighted by Crippen LogP contribution is 2.18. The minimum Gasteiger partial charge on any atom is -0.361 e. The number of amides is 2. The van der Waals surface area contributed by atoms with Crippen LogP contribution in [0.15, 0.2) is 59.8 Å². The number of H-pyrrole nitrogens is 1. The Bertz CT molecular complexity index is 1010. The van der Waals surface area contributed by atoms with E-state index in [0.717, 1.165) is 16.5 Å². The zero-order chi connectivity index (χ0) is 19.4. The first-order valence-corrected chi connectivity index (χ1v) is 8.65. The number of hydrazone groups is 1. The van der Waals surface area contributed by atoms with Crippen molar-refractivity contribution in [1.82, 2.24) is 10.4 Å². The van der Waals surface area contributed by atoms with Crippen LogP contribution in [0.2, 0.25) is 0 Å². The predicted octanol–water partition coefficient (Wildman–Crippen LogP) is 3.92. The van der Waals surface area contributed by atoms with Gasteiger partial charge in [-0.15, -0.1) is 0 Å². The lowest BCUT2D eigenvalue weighted by Gasteiger charge is -2.17. The minimum atomic E-state index is -0.512. The fourth-order valence-electron chi connectivity index (χ4n) is 2.48. The number of nitrogens with zero attached hydrogens (tertiary/aromatic N) is 1. The monoisotopic (exact) mass is 362 g/mol. The third-order valence-corrected chi connectivity index (χ3v) is 4.05. The molecule has 0 aliphatic carbocycles. The number of nitrogens with one attached hydrogen (secondary N) is 3. The quantitative estimate of drug-likeness (QED) is 0.485. The summed E-state index contributed by atoms with van der Waals surface area (Å²) < 4.78 is 0. The van der Waals surface area contributed by atoms with E-state index in [0.29, 0.717) is 11.3 Å². The summed E-state index contributed by atoms with van der Waals surface area (Å²) in [5.74, 6) is -0.463. The SMILES string of the molecule is CC(C)(C)C(=O)Nc1cccc(C(=O)N/N=C/c2c[nH]c3ccccc23)c1. The Morgan fingerprint density at radius 1 is 1.07 bits per heavy atom. The zero-order valence-electron chi connectivity index (χ0n) is 15.5. The van der Waals surface area contributed by atoms with Crippen molar-refractivity contribution in [3.63, 3.8) is 0 Å². The number of anilines is 1. The number of hydrogen-bond donors (Lipinski definition) is 3. The van der Waals surface area contributed by atoms with Gasteiger partial charge in [0.15, 0.2) is 0 Å². The molecule has 0 unspecified atom stereocenters. The standard InChI is InChI=1S/C21H22N4O2/c1-21(2,3)20(27)24-16-8-6-7-14(11-16)19(26)25-23-13-15-12-22-18-10-5-4-9-17(15)18/h4-13,22H,1-3H3,(H,24,27)(H,25,26)/b23-13+. The Labute approximate surface area is 157 Å². The van der Waals surface area contributed by atoms with Crippen LogP contribution in [0.25, 0.3) is 10.9 Å². The van der Waals surface area contributed by atoms with Crippen LogP contribution in [-0.2, 0) is 4.79 Å². The van der Waals surface area contributed by atoms with Gasteiger partial charge in [0.25, 0.3) is 5.91 Å². The minimum absolute atomic E-state index is 0.114. The number of aromatic nitrogens is 1. The summed E-state index contributed by atoms with van der Waals surface area (Å²) in [4.78, 5) is 27.6. The van der Waals surface area contributed by atoms with E-state index in [2.05, 4.69) is 20.8 Å². The number of rotatable bonds is 4. The molecule has 0 saturated carbocycles. The number of hydrogen-bond acceptors (Lipinski definition) is 3. The van der Waals surface area contributed by atoms with E-state index in [1.165, 1.54) is 0 Å². The molecule has 0 spiro atoms. The number of para-hydroxylation sites is 1. The molecule has 0 aliphatic heterocycles. The van der Waals surface area contributed by atoms with E-state index in [1.807, 2.05) is 51.2 Å². The lowest BCUT2D eigenvalue weighted by atomic mass is 9.95. The highest BCUT2D eigenvalue weighted by atomic mass is 16.2. The van der Waals surface area contributed by atoms with Gasteiger partial charge < -0.3 is 10.3 Å². The Kier molecular flexibility index (Phi) is 5.07. The molecule has 138 valence electrons. The van der Waals surface area contributed by atoms with Crippen LogP contribution in [0, 0.1) is 5.41 Å². The number of carbonyl (C=O) groups is 2. The summed E-state index contributed by atoms with van der Waals surface area (Å²) in [7, 11) is 0. The second-order valence-electron chi connectivity index (χ2n) is 7.27. The molecule has 2 amide bonds. The molecule has 1 heterocycles. The molecule has 0 bridgehead atoms. The van der Waals surface area contributed by atoms with E-state index in [-0.39, 0.29) is 11.8 Å². The molecule has 2 aromatic carbocycles. The summed E-state index contributed by atoms with van der Waals surface area (Å²) >= 11 is 0. The molecule has 0 atom stereocenters. The Hall–Kier alpha value is -3.41. The molecule has 0 aliphatic rings. The summed E-state index contributed by atoms with van der Waals surface area (Å²) in [6.07, 6.45) is 3.44. The first-order chi connectivity index (χ1) is 12.8. The van der Waals surface area contributed by atoms with Crippen molar-refractivity contribution in [2.75, 3.05) is 5.32 Å². The van der Waals surface area contributed by atoms with Crippen LogP contribution in [-0.4, -0.2) is 23.0 Å². The predicted molar refractivity (Wildman–Crippen MR) is 108 cm³/mol. The molecule has 1 aromatic heterocycles. The number of aromatic amines is 1. The summed E-state index contributed by atoms with van der Waals surface area (Å²) in [6, 6.07) is 14.6. The molecular formula is C21H22N4O2. The molecule has 27 heavy (non-hydrogen) atoms. The molecule has 0 fully saturated rings. The largest absolute Gasteiger partial charge is 0.361 e. The number of benzene rings is 2. The average molecular weight is 362 g/mol. The van der Waals surface area contributed by atoms with Gasteiger partial charge in [-0.25, -0.2) is 5.43 Å². The van der Waals surface area contributed by atoms with Crippen molar-refractivity contribution < 1.29 is 9.59 Å². The molecule has 3 aromatic rings. The van der Waals surface area contributed by atoms with Crippen molar-refractivity contribution in [3.8, 4) is 0 Å². The van der Waals surface area contributed by atoms with Gasteiger partial charge in [-0.3, -0.25) is 9.59 Å². The van der Waals surface area contributed by atoms with E-state index >= 15 is 0 Å². The molecule has 0 saturated heterocycles. The lowest BCUT2D eigenvalue weighted by molar-refractivity contribution is -0.123. The van der Waals surface area contributed by atoms with Gasteiger partial charge in [0, 0.05) is 39.3 Å². The van der Waals surface area contributed by atoms with Crippen molar-refractivity contribution >= 4 is 34.6 Å². The van der Waals surface area contributed by atoms with Crippen LogP contribution in [0.1, 0.15) is 36.7 Å². The van der Waals surface area contributed by atoms with Crippen molar-refractivity contribution in [2.45, 2.75) is 20.8 Å². The van der Waals surface area contributed by atoms with Gasteiger partial charge in [-0.2, -0.15) is 5.10 Å². The van der Waals surface area contributed by atoms with Gasteiger partial charge in [0.05, 0.1) is 6.21 Å². The highest BCUT2D eigenvalue weighted by molar-refractivity contribution is 6.01. The van der Waals surface area contributed by atoms with E-state index in [4.69, 9.17) is 0 Å². The van der Waals surface area contributed by atoms with Crippen LogP contribution < -0.4 is 10.7 Å². The van der Waals surface area contributed by atoms with E-state index in [1.54, 1.807) is 30.5 Å². The van der Waals surface area contributed by atoms with Crippen molar-refractivity contribution in [1.29, 1.82) is 0 Å². The van der Waals surface area contributed by atoms with Crippen molar-refractivity contribution in [2.24, 2.45) is 10.5 Å². The normalized spacial score (nSPS) is 11.7. The second kappa shape index (κ2) is 7.45. The molecule has 6 heteroatoms. The van der Waals surface area contributed by atoms with Gasteiger partial charge in [0.1, 0.15) is 0 Å². The summed E-state index contributed by atoms with van der Waals surface area (Å²) in [5, 5.41) is 7.88. The number of carbonyl (C=O) groups excluding carboxylic acids is 2. The number of fused-ring (bicyclic) bond motifs is 1. The van der Waals surface area contributed by atoms with E-state index in [9.17, 15) is 9.59 Å². The Morgan fingerprint density at radius 2 is 1.85 bits per heavy atom. The Morgan fingerprint density at radius 3 is 2.63 bits per heavy atom. The molecular weight excluding hydrogens is 340 g/mol. The van der Waals surface area contributed by atoms with E-state index < -0.39 is 5.41 Å². The Balaban J connectivity index is 1.68.